The number of urea groups is 1. The van der Waals surface area contributed by atoms with Crippen LogP contribution in [-0.4, -0.2) is 23.1 Å². The molecule has 17 heavy (non-hydrogen) atoms. The molecular weight excluding hydrogens is 220 g/mol. The molecule has 0 heterocycles. The van der Waals surface area contributed by atoms with Crippen LogP contribution in [-0.2, 0) is 0 Å². The number of carboxylic acid groups (broad SMARTS) is 1. The van der Waals surface area contributed by atoms with Crippen molar-refractivity contribution in [3.63, 3.8) is 0 Å². The fourth-order valence-corrected chi connectivity index (χ4v) is 1.18. The average Bonchev–Trinajstić information content (AvgIpc) is 2.29. The molecule has 3 N–H and O–H groups in total. The van der Waals surface area contributed by atoms with Crippen LogP contribution in [0.3, 0.4) is 0 Å². The van der Waals surface area contributed by atoms with Crippen molar-refractivity contribution in [2.45, 2.75) is 13.0 Å². The zero-order valence-corrected chi connectivity index (χ0v) is 9.23. The SMILES string of the molecule is C#CC(C)NC(=O)Nc1ccccc1C(=O)O. The highest BCUT2D eigenvalue weighted by Gasteiger charge is 2.11. The van der Waals surface area contributed by atoms with Crippen LogP contribution < -0.4 is 10.6 Å². The summed E-state index contributed by atoms with van der Waals surface area (Å²) >= 11 is 0. The molecule has 1 aromatic rings. The van der Waals surface area contributed by atoms with Gasteiger partial charge in [-0.3, -0.25) is 0 Å². The van der Waals surface area contributed by atoms with Crippen molar-refractivity contribution >= 4 is 17.7 Å². The van der Waals surface area contributed by atoms with Gasteiger partial charge in [-0.1, -0.05) is 18.1 Å². The minimum Gasteiger partial charge on any atom is -0.478 e. The van der Waals surface area contributed by atoms with Crippen LogP contribution in [0, 0.1) is 12.3 Å². The number of benzene rings is 1. The normalized spacial score (nSPS) is 11.1. The van der Waals surface area contributed by atoms with Gasteiger partial charge >= 0.3 is 12.0 Å². The van der Waals surface area contributed by atoms with E-state index in [1.165, 1.54) is 12.1 Å². The third-order valence-corrected chi connectivity index (χ3v) is 2.00. The molecule has 0 fully saturated rings. The number of anilines is 1. The molecule has 0 bridgehead atoms. The lowest BCUT2D eigenvalue weighted by Gasteiger charge is -2.11. The second-order valence-corrected chi connectivity index (χ2v) is 3.34. The summed E-state index contributed by atoms with van der Waals surface area (Å²) in [7, 11) is 0. The number of aromatic carboxylic acids is 1. The first-order valence-electron chi connectivity index (χ1n) is 4.90. The van der Waals surface area contributed by atoms with Crippen LogP contribution in [0.1, 0.15) is 17.3 Å². The van der Waals surface area contributed by atoms with Crippen LogP contribution in [0.25, 0.3) is 0 Å². The third-order valence-electron chi connectivity index (χ3n) is 2.00. The van der Waals surface area contributed by atoms with E-state index in [0.717, 1.165) is 0 Å². The summed E-state index contributed by atoms with van der Waals surface area (Å²) in [5.41, 5.74) is 0.248. The van der Waals surface area contributed by atoms with E-state index in [-0.39, 0.29) is 11.3 Å². The Morgan fingerprint density at radius 1 is 1.41 bits per heavy atom. The summed E-state index contributed by atoms with van der Waals surface area (Å²) in [6, 6.07) is 5.16. The fraction of sp³-hybridized carbons (Fsp3) is 0.167. The summed E-state index contributed by atoms with van der Waals surface area (Å²) in [6.07, 6.45) is 5.11. The van der Waals surface area contributed by atoms with Crippen LogP contribution in [0.2, 0.25) is 0 Å². The number of hydrogen-bond acceptors (Lipinski definition) is 2. The van der Waals surface area contributed by atoms with E-state index >= 15 is 0 Å². The zero-order valence-electron chi connectivity index (χ0n) is 9.23. The summed E-state index contributed by atoms with van der Waals surface area (Å²) < 4.78 is 0. The van der Waals surface area contributed by atoms with Crippen LogP contribution in [0.4, 0.5) is 10.5 Å². The van der Waals surface area contributed by atoms with Gasteiger partial charge in [-0.2, -0.15) is 0 Å². The Morgan fingerprint density at radius 2 is 2.06 bits per heavy atom. The quantitative estimate of drug-likeness (QED) is 0.691. The van der Waals surface area contributed by atoms with E-state index in [9.17, 15) is 9.59 Å². The second-order valence-electron chi connectivity index (χ2n) is 3.34. The number of nitrogens with one attached hydrogen (secondary N) is 2. The van der Waals surface area contributed by atoms with Gasteiger partial charge < -0.3 is 15.7 Å². The second kappa shape index (κ2) is 5.56. The van der Waals surface area contributed by atoms with Gasteiger partial charge in [-0.25, -0.2) is 9.59 Å². The van der Waals surface area contributed by atoms with Gasteiger partial charge in [-0.05, 0) is 19.1 Å². The molecule has 1 aromatic carbocycles. The topological polar surface area (TPSA) is 78.4 Å². The molecule has 0 saturated heterocycles. The Kier molecular flexibility index (Phi) is 4.12. The summed E-state index contributed by atoms with van der Waals surface area (Å²) in [5.74, 6) is 1.23. The monoisotopic (exact) mass is 232 g/mol. The molecule has 0 aromatic heterocycles. The molecule has 2 amide bonds. The van der Waals surface area contributed by atoms with E-state index in [4.69, 9.17) is 11.5 Å². The van der Waals surface area contributed by atoms with Crippen molar-refractivity contribution in [1.82, 2.24) is 5.32 Å². The highest BCUT2D eigenvalue weighted by molar-refractivity contribution is 6.00. The standard InChI is InChI=1S/C12H12N2O3/c1-3-8(2)13-12(17)14-10-7-5-4-6-9(10)11(15)16/h1,4-8H,2H3,(H,15,16)(H2,13,14,17). The lowest BCUT2D eigenvalue weighted by Crippen LogP contribution is -2.35. The number of terminal acetylenes is 1. The molecule has 0 radical (unpaired) electrons. The first kappa shape index (κ1) is 12.6. The van der Waals surface area contributed by atoms with E-state index in [2.05, 4.69) is 16.6 Å². The molecule has 5 nitrogen and oxygen atoms in total. The molecule has 1 atom stereocenters. The maximum Gasteiger partial charge on any atom is 0.337 e. The molecule has 1 rings (SSSR count). The fourth-order valence-electron chi connectivity index (χ4n) is 1.18. The number of carboxylic acids is 1. The van der Waals surface area contributed by atoms with E-state index < -0.39 is 18.0 Å². The van der Waals surface area contributed by atoms with Crippen molar-refractivity contribution in [2.24, 2.45) is 0 Å². The van der Waals surface area contributed by atoms with Gasteiger partial charge in [0.15, 0.2) is 0 Å². The van der Waals surface area contributed by atoms with Gasteiger partial charge in [0, 0.05) is 0 Å². The van der Waals surface area contributed by atoms with Crippen molar-refractivity contribution < 1.29 is 14.7 Å². The third kappa shape index (κ3) is 3.54. The smallest absolute Gasteiger partial charge is 0.337 e. The maximum atomic E-state index is 11.4. The highest BCUT2D eigenvalue weighted by Crippen LogP contribution is 2.14. The van der Waals surface area contributed by atoms with Crippen LogP contribution >= 0.6 is 0 Å². The minimum atomic E-state index is -1.11. The molecule has 0 spiro atoms. The first-order chi connectivity index (χ1) is 8.04. The number of amides is 2. The maximum absolute atomic E-state index is 11.4. The Hall–Kier alpha value is -2.48. The predicted molar refractivity (Wildman–Crippen MR) is 63.9 cm³/mol. The minimum absolute atomic E-state index is 0.0241. The molecule has 88 valence electrons. The molecule has 0 aliphatic heterocycles. The van der Waals surface area contributed by atoms with Gasteiger partial charge in [0.05, 0.1) is 17.3 Å². The molecule has 0 aliphatic rings. The van der Waals surface area contributed by atoms with E-state index in [1.807, 2.05) is 0 Å². The molecule has 0 aliphatic carbocycles. The van der Waals surface area contributed by atoms with Gasteiger partial charge in [0.2, 0.25) is 0 Å². The van der Waals surface area contributed by atoms with Crippen molar-refractivity contribution in [2.75, 3.05) is 5.32 Å². The largest absolute Gasteiger partial charge is 0.478 e. The van der Waals surface area contributed by atoms with E-state index in [0.29, 0.717) is 0 Å². The van der Waals surface area contributed by atoms with Gasteiger partial charge in [0.1, 0.15) is 0 Å². The molecule has 5 heteroatoms. The van der Waals surface area contributed by atoms with Gasteiger partial charge in [0.25, 0.3) is 0 Å². The van der Waals surface area contributed by atoms with Crippen molar-refractivity contribution in [3.8, 4) is 12.3 Å². The number of rotatable bonds is 3. The zero-order chi connectivity index (χ0) is 12.8. The summed E-state index contributed by atoms with van der Waals surface area (Å²) in [4.78, 5) is 22.3. The Labute approximate surface area is 98.8 Å². The van der Waals surface area contributed by atoms with E-state index in [1.54, 1.807) is 19.1 Å². The Bertz CT molecular complexity index is 477. The molecule has 1 unspecified atom stereocenters. The summed E-state index contributed by atoms with van der Waals surface area (Å²) in [5, 5.41) is 13.8. The first-order valence-corrected chi connectivity index (χ1v) is 4.90. The number of carbonyl (C=O) groups is 2. The number of hydrogen-bond donors (Lipinski definition) is 3. The predicted octanol–water partition coefficient (Wildman–Crippen LogP) is 1.53. The lowest BCUT2D eigenvalue weighted by molar-refractivity contribution is 0.0698. The van der Waals surface area contributed by atoms with Crippen LogP contribution in [0.15, 0.2) is 24.3 Å². The van der Waals surface area contributed by atoms with Crippen molar-refractivity contribution in [3.05, 3.63) is 29.8 Å². The van der Waals surface area contributed by atoms with Crippen LogP contribution in [0.5, 0.6) is 0 Å². The van der Waals surface area contributed by atoms with Crippen molar-refractivity contribution in [1.29, 1.82) is 0 Å². The molecule has 0 saturated carbocycles. The number of carbonyl (C=O) groups excluding carboxylic acids is 1. The number of para-hydroxylation sites is 1. The summed E-state index contributed by atoms with van der Waals surface area (Å²) in [6.45, 7) is 1.64. The Balaban J connectivity index is 2.79. The molecular formula is C12H12N2O3. The highest BCUT2D eigenvalue weighted by atomic mass is 16.4. The average molecular weight is 232 g/mol. The van der Waals surface area contributed by atoms with Gasteiger partial charge in [-0.15, -0.1) is 6.42 Å². The lowest BCUT2D eigenvalue weighted by atomic mass is 10.2. The Morgan fingerprint density at radius 3 is 2.65 bits per heavy atom.